The van der Waals surface area contributed by atoms with Crippen LogP contribution in [0.5, 0.6) is 0 Å². The minimum atomic E-state index is 0.269. The number of oxazole rings is 2. The van der Waals surface area contributed by atoms with Crippen LogP contribution < -0.4 is 0 Å². The Bertz CT molecular complexity index is 1220. The van der Waals surface area contributed by atoms with E-state index in [0.717, 1.165) is 22.3 Å². The number of hydrogen-bond acceptors (Lipinski definition) is 4. The number of halogens is 2. The van der Waals surface area contributed by atoms with E-state index in [1.54, 1.807) is 0 Å². The highest BCUT2D eigenvalue weighted by atomic mass is 35.5. The van der Waals surface area contributed by atoms with Gasteiger partial charge in [-0.25, -0.2) is 9.97 Å². The van der Waals surface area contributed by atoms with Gasteiger partial charge in [0.2, 0.25) is 11.8 Å². The van der Waals surface area contributed by atoms with Crippen LogP contribution in [-0.2, 0) is 11.8 Å². The monoisotopic (exact) mass is 460 g/mol. The molecular weight excluding hydrogens is 443 g/mol. The molecule has 0 aliphatic rings. The van der Waals surface area contributed by atoms with Crippen LogP contribution in [-0.4, -0.2) is 9.97 Å². The molecule has 2 heterocycles. The van der Waals surface area contributed by atoms with Crippen LogP contribution in [0.25, 0.3) is 45.6 Å². The van der Waals surface area contributed by atoms with Gasteiger partial charge in [-0.2, -0.15) is 0 Å². The molecule has 0 aliphatic carbocycles. The van der Waals surface area contributed by atoms with Crippen LogP contribution in [0.3, 0.4) is 0 Å². The molecule has 2 aromatic heterocycles. The minimum absolute atomic E-state index is 0.269. The minimum Gasteiger partial charge on any atom is -0.436 e. The van der Waals surface area contributed by atoms with Gasteiger partial charge in [0.15, 0.2) is 11.5 Å². The molecule has 5 rings (SSSR count). The highest BCUT2D eigenvalue weighted by Gasteiger charge is 2.18. The lowest BCUT2D eigenvalue weighted by Gasteiger charge is -1.99. The zero-order chi connectivity index (χ0) is 21.9. The van der Waals surface area contributed by atoms with Crippen molar-refractivity contribution in [1.82, 2.24) is 9.97 Å². The van der Waals surface area contributed by atoms with Crippen molar-refractivity contribution >= 4 is 23.2 Å². The molecule has 32 heavy (non-hydrogen) atoms. The Morgan fingerprint density at radius 3 is 1.22 bits per heavy atom. The largest absolute Gasteiger partial charge is 0.436 e. The Morgan fingerprint density at radius 2 is 0.875 bits per heavy atom. The maximum absolute atomic E-state index is 6.12. The van der Waals surface area contributed by atoms with Crippen LogP contribution in [0.4, 0.5) is 0 Å². The van der Waals surface area contributed by atoms with Crippen molar-refractivity contribution in [1.29, 1.82) is 0 Å². The lowest BCUT2D eigenvalue weighted by molar-refractivity contribution is 0.586. The summed E-state index contributed by atoms with van der Waals surface area (Å²) >= 11 is 12.2. The Balaban J connectivity index is 1.47. The Hall–Kier alpha value is -3.34. The lowest BCUT2D eigenvalue weighted by atomic mass is 10.1. The summed E-state index contributed by atoms with van der Waals surface area (Å²) in [4.78, 5) is 9.19. The summed E-state index contributed by atoms with van der Waals surface area (Å²) in [7, 11) is 0. The molecule has 0 fully saturated rings. The second-order valence-electron chi connectivity index (χ2n) is 7.17. The Morgan fingerprint density at radius 1 is 0.500 bits per heavy atom. The van der Waals surface area contributed by atoms with Gasteiger partial charge in [0.1, 0.15) is 11.4 Å². The highest BCUT2D eigenvalue weighted by molar-refractivity contribution is 6.17. The van der Waals surface area contributed by atoms with Crippen LogP contribution in [0, 0.1) is 0 Å². The molecular formula is C26H18Cl2N2O2. The fraction of sp³-hybridized carbons (Fsp3) is 0.0769. The summed E-state index contributed by atoms with van der Waals surface area (Å²) in [5, 5.41) is 0. The maximum atomic E-state index is 6.12. The molecule has 0 N–H and O–H groups in total. The fourth-order valence-corrected chi connectivity index (χ4v) is 3.88. The zero-order valence-corrected chi connectivity index (χ0v) is 18.5. The van der Waals surface area contributed by atoms with Crippen LogP contribution in [0.2, 0.25) is 0 Å². The van der Waals surface area contributed by atoms with E-state index in [1.165, 1.54) is 0 Å². The van der Waals surface area contributed by atoms with Gasteiger partial charge in [-0.05, 0) is 24.3 Å². The number of aromatic nitrogens is 2. The van der Waals surface area contributed by atoms with E-state index in [9.17, 15) is 0 Å². The maximum Gasteiger partial charge on any atom is 0.227 e. The molecule has 0 atom stereocenters. The van der Waals surface area contributed by atoms with E-state index >= 15 is 0 Å². The molecule has 0 unspecified atom stereocenters. The van der Waals surface area contributed by atoms with Gasteiger partial charge in [0.25, 0.3) is 0 Å². The van der Waals surface area contributed by atoms with Gasteiger partial charge in [-0.3, -0.25) is 0 Å². The van der Waals surface area contributed by atoms with E-state index in [2.05, 4.69) is 9.97 Å². The van der Waals surface area contributed by atoms with Crippen LogP contribution in [0.15, 0.2) is 93.8 Å². The smallest absolute Gasteiger partial charge is 0.227 e. The third-order valence-electron chi connectivity index (χ3n) is 5.10. The van der Waals surface area contributed by atoms with E-state index in [-0.39, 0.29) is 11.8 Å². The zero-order valence-electron chi connectivity index (χ0n) is 17.0. The molecule has 6 heteroatoms. The molecule has 0 saturated carbocycles. The van der Waals surface area contributed by atoms with Crippen LogP contribution in [0.1, 0.15) is 11.4 Å². The molecule has 0 aliphatic heterocycles. The molecule has 0 bridgehead atoms. The van der Waals surface area contributed by atoms with E-state index in [0.29, 0.717) is 34.7 Å². The van der Waals surface area contributed by atoms with Crippen molar-refractivity contribution in [2.75, 3.05) is 0 Å². The van der Waals surface area contributed by atoms with E-state index in [4.69, 9.17) is 32.0 Å². The SMILES string of the molecule is ClCc1nc(-c2ccc(-c3nc(CCl)c(-c4ccccc4)o3)cc2)oc1-c1ccccc1. The summed E-state index contributed by atoms with van der Waals surface area (Å²) in [5.41, 5.74) is 5.00. The fourth-order valence-electron chi connectivity index (χ4n) is 3.52. The summed E-state index contributed by atoms with van der Waals surface area (Å²) in [6, 6.07) is 27.4. The highest BCUT2D eigenvalue weighted by Crippen LogP contribution is 2.33. The Kier molecular flexibility index (Phi) is 5.80. The molecule has 3 aromatic carbocycles. The van der Waals surface area contributed by atoms with Crippen molar-refractivity contribution < 1.29 is 8.83 Å². The van der Waals surface area contributed by atoms with Crippen molar-refractivity contribution in [2.45, 2.75) is 11.8 Å². The molecule has 0 spiro atoms. The average Bonchev–Trinajstić information content (AvgIpc) is 3.50. The molecule has 0 amide bonds. The number of alkyl halides is 2. The van der Waals surface area contributed by atoms with Crippen LogP contribution >= 0.6 is 23.2 Å². The standard InChI is InChI=1S/C26H18Cl2N2O2/c27-15-21-23(17-7-3-1-4-8-17)31-25(29-21)19-11-13-20(14-12-19)26-30-22(16-28)24(32-26)18-9-5-2-6-10-18/h1-14H,15-16H2. The van der Waals surface area contributed by atoms with Gasteiger partial charge >= 0.3 is 0 Å². The quantitative estimate of drug-likeness (QED) is 0.242. The average molecular weight is 461 g/mol. The first-order valence-corrected chi connectivity index (χ1v) is 11.2. The third kappa shape index (κ3) is 3.95. The summed E-state index contributed by atoms with van der Waals surface area (Å²) in [6.07, 6.45) is 0. The summed E-state index contributed by atoms with van der Waals surface area (Å²) in [5.74, 6) is 2.95. The van der Waals surface area contributed by atoms with E-state index in [1.807, 2.05) is 84.9 Å². The van der Waals surface area contributed by atoms with Crippen molar-refractivity contribution in [2.24, 2.45) is 0 Å². The Labute approximate surface area is 195 Å². The molecule has 4 nitrogen and oxygen atoms in total. The summed E-state index contributed by atoms with van der Waals surface area (Å²) in [6.45, 7) is 0. The first-order chi connectivity index (χ1) is 15.8. The topological polar surface area (TPSA) is 52.1 Å². The van der Waals surface area contributed by atoms with Crippen molar-refractivity contribution in [3.63, 3.8) is 0 Å². The molecule has 0 radical (unpaired) electrons. The van der Waals surface area contributed by atoms with Gasteiger partial charge in [-0.1, -0.05) is 60.7 Å². The predicted molar refractivity (Wildman–Crippen MR) is 127 cm³/mol. The third-order valence-corrected chi connectivity index (χ3v) is 5.60. The number of benzene rings is 3. The number of rotatable bonds is 6. The van der Waals surface area contributed by atoms with Gasteiger partial charge in [0.05, 0.1) is 11.8 Å². The van der Waals surface area contributed by atoms with Crippen molar-refractivity contribution in [3.8, 4) is 45.6 Å². The van der Waals surface area contributed by atoms with Gasteiger partial charge < -0.3 is 8.83 Å². The predicted octanol–water partition coefficient (Wildman–Crippen LogP) is 7.81. The second kappa shape index (κ2) is 9.03. The van der Waals surface area contributed by atoms with Crippen molar-refractivity contribution in [3.05, 3.63) is 96.3 Å². The summed E-state index contributed by atoms with van der Waals surface area (Å²) < 4.78 is 12.1. The molecule has 0 saturated heterocycles. The lowest BCUT2D eigenvalue weighted by Crippen LogP contribution is -1.84. The first-order valence-electron chi connectivity index (χ1n) is 10.1. The second-order valence-corrected chi connectivity index (χ2v) is 7.70. The normalized spacial score (nSPS) is 11.1. The van der Waals surface area contributed by atoms with Gasteiger partial charge in [0, 0.05) is 22.3 Å². The van der Waals surface area contributed by atoms with Gasteiger partial charge in [-0.15, -0.1) is 23.2 Å². The molecule has 5 aromatic rings. The number of hydrogen-bond donors (Lipinski definition) is 0. The van der Waals surface area contributed by atoms with E-state index < -0.39 is 0 Å². The molecule has 158 valence electrons. The first kappa shape index (κ1) is 20.6. The number of nitrogens with zero attached hydrogens (tertiary/aromatic N) is 2.